The Morgan fingerprint density at radius 2 is 1.80 bits per heavy atom. The predicted molar refractivity (Wildman–Crippen MR) is 55.8 cm³/mol. The van der Waals surface area contributed by atoms with E-state index in [0.29, 0.717) is 0 Å². The van der Waals surface area contributed by atoms with Gasteiger partial charge in [0.2, 0.25) is 0 Å². The van der Waals surface area contributed by atoms with Crippen molar-refractivity contribution in [3.63, 3.8) is 0 Å². The fourth-order valence-electron chi connectivity index (χ4n) is 0.728. The largest absolute Gasteiger partial charge is 0.165 e. The molecule has 0 aliphatic rings. The first-order chi connectivity index (χ1) is 4.48. The molecule has 1 atom stereocenters. The lowest BCUT2D eigenvalue weighted by molar-refractivity contribution is 0.853. The van der Waals surface area contributed by atoms with Crippen LogP contribution in [0.15, 0.2) is 0 Å². The topological polar surface area (TPSA) is 0 Å². The van der Waals surface area contributed by atoms with Crippen molar-refractivity contribution in [2.75, 3.05) is 12.0 Å². The van der Waals surface area contributed by atoms with Crippen LogP contribution in [0.25, 0.3) is 0 Å². The minimum atomic E-state index is -0.811. The molecule has 0 saturated carbocycles. The summed E-state index contributed by atoms with van der Waals surface area (Å²) in [4.78, 5) is 0. The van der Waals surface area contributed by atoms with Crippen LogP contribution in [0.3, 0.4) is 0 Å². The van der Waals surface area contributed by atoms with E-state index in [4.69, 9.17) is 0 Å². The van der Waals surface area contributed by atoms with Gasteiger partial charge in [0.15, 0.2) is 0 Å². The molecule has 0 amide bonds. The molecule has 0 bridgehead atoms. The van der Waals surface area contributed by atoms with Crippen LogP contribution in [-0.2, 0) is 0 Å². The van der Waals surface area contributed by atoms with Crippen LogP contribution in [-0.4, -0.2) is 20.1 Å². The molecule has 0 N–H and O–H groups in total. The lowest BCUT2D eigenvalue weighted by atomic mass is 10.4. The Labute approximate surface area is 70.8 Å². The zero-order valence-electron chi connectivity index (χ0n) is 7.90. The summed E-state index contributed by atoms with van der Waals surface area (Å²) < 4.78 is 0. The average molecular weight is 176 g/mol. The van der Waals surface area contributed by atoms with Crippen molar-refractivity contribution >= 4 is 19.8 Å². The summed E-state index contributed by atoms with van der Waals surface area (Å²) in [5.74, 6) is 1.34. The molecule has 0 aliphatic heterocycles. The van der Waals surface area contributed by atoms with E-state index in [9.17, 15) is 0 Å². The van der Waals surface area contributed by atoms with Gasteiger partial charge >= 0.3 is 0 Å². The van der Waals surface area contributed by atoms with Crippen LogP contribution >= 0.6 is 11.8 Å². The van der Waals surface area contributed by atoms with Crippen molar-refractivity contribution in [2.24, 2.45) is 0 Å². The second kappa shape index (κ2) is 4.45. The zero-order valence-corrected chi connectivity index (χ0v) is 9.72. The number of hydrogen-bond acceptors (Lipinski definition) is 1. The highest BCUT2D eigenvalue weighted by atomic mass is 32.2. The Balaban J connectivity index is 3.52. The fourth-order valence-corrected chi connectivity index (χ4v) is 2.54. The Morgan fingerprint density at radius 1 is 1.30 bits per heavy atom. The monoisotopic (exact) mass is 176 g/mol. The molecule has 1 unspecified atom stereocenters. The Kier molecular flexibility index (Phi) is 4.70. The van der Waals surface area contributed by atoms with Crippen LogP contribution in [0.2, 0.25) is 25.2 Å². The molecule has 0 aromatic heterocycles. The SMILES string of the molecule is CSCCC(C)[Si](C)(C)C. The van der Waals surface area contributed by atoms with E-state index in [-0.39, 0.29) is 0 Å². The lowest BCUT2D eigenvalue weighted by Crippen LogP contribution is -2.26. The van der Waals surface area contributed by atoms with Crippen LogP contribution in [0.5, 0.6) is 0 Å². The summed E-state index contributed by atoms with van der Waals surface area (Å²) >= 11 is 1.97. The van der Waals surface area contributed by atoms with Gasteiger partial charge in [-0.25, -0.2) is 0 Å². The van der Waals surface area contributed by atoms with E-state index in [1.165, 1.54) is 12.2 Å². The molecular weight excluding hydrogens is 156 g/mol. The summed E-state index contributed by atoms with van der Waals surface area (Å²) in [5, 5.41) is 0. The zero-order chi connectivity index (χ0) is 8.20. The molecule has 10 heavy (non-hydrogen) atoms. The third kappa shape index (κ3) is 4.39. The maximum atomic E-state index is 2.46. The van der Waals surface area contributed by atoms with E-state index in [0.717, 1.165) is 5.54 Å². The first-order valence-electron chi connectivity index (χ1n) is 3.97. The van der Waals surface area contributed by atoms with E-state index < -0.39 is 8.07 Å². The van der Waals surface area contributed by atoms with Crippen molar-refractivity contribution in [1.82, 2.24) is 0 Å². The Hall–Kier alpha value is 0.567. The quantitative estimate of drug-likeness (QED) is 0.591. The first kappa shape index (κ1) is 10.6. The molecule has 0 aliphatic carbocycles. The summed E-state index contributed by atoms with van der Waals surface area (Å²) in [6.45, 7) is 9.77. The average Bonchev–Trinajstić information content (AvgIpc) is 1.80. The van der Waals surface area contributed by atoms with Gasteiger partial charge in [-0.2, -0.15) is 11.8 Å². The van der Waals surface area contributed by atoms with Gasteiger partial charge in [-0.05, 0) is 24.0 Å². The predicted octanol–water partition coefficient (Wildman–Crippen LogP) is 3.47. The van der Waals surface area contributed by atoms with Crippen LogP contribution in [0.4, 0.5) is 0 Å². The van der Waals surface area contributed by atoms with Crippen molar-refractivity contribution in [3.05, 3.63) is 0 Å². The molecule has 2 heteroatoms. The summed E-state index contributed by atoms with van der Waals surface area (Å²) in [6.07, 6.45) is 3.60. The maximum absolute atomic E-state index is 2.46. The van der Waals surface area contributed by atoms with Gasteiger partial charge in [0.1, 0.15) is 0 Å². The maximum Gasteiger partial charge on any atom is 0.0471 e. The van der Waals surface area contributed by atoms with Crippen LogP contribution in [0.1, 0.15) is 13.3 Å². The summed E-state index contributed by atoms with van der Waals surface area (Å²) in [7, 11) is -0.811. The second-order valence-electron chi connectivity index (χ2n) is 4.05. The molecular formula is C8H20SSi. The Bertz CT molecular complexity index is 85.7. The molecule has 0 saturated heterocycles. The highest BCUT2D eigenvalue weighted by Crippen LogP contribution is 2.25. The third-order valence-corrected chi connectivity index (χ3v) is 6.12. The molecule has 0 nitrogen and oxygen atoms in total. The first-order valence-corrected chi connectivity index (χ1v) is 8.94. The van der Waals surface area contributed by atoms with E-state index in [1.54, 1.807) is 0 Å². The van der Waals surface area contributed by atoms with Crippen molar-refractivity contribution in [3.8, 4) is 0 Å². The van der Waals surface area contributed by atoms with Gasteiger partial charge in [-0.15, -0.1) is 0 Å². The summed E-state index contributed by atoms with van der Waals surface area (Å²) in [6, 6.07) is 0. The van der Waals surface area contributed by atoms with Gasteiger partial charge in [0, 0.05) is 8.07 Å². The lowest BCUT2D eigenvalue weighted by Gasteiger charge is -2.24. The number of hydrogen-bond donors (Lipinski definition) is 0. The Morgan fingerprint density at radius 3 is 2.10 bits per heavy atom. The van der Waals surface area contributed by atoms with Crippen molar-refractivity contribution in [1.29, 1.82) is 0 Å². The molecule has 0 fully saturated rings. The molecule has 0 heterocycles. The minimum Gasteiger partial charge on any atom is -0.165 e. The van der Waals surface area contributed by atoms with Gasteiger partial charge in [-0.3, -0.25) is 0 Å². The molecule has 0 aromatic carbocycles. The molecule has 0 spiro atoms. The molecule has 0 aromatic rings. The highest BCUT2D eigenvalue weighted by Gasteiger charge is 2.20. The molecule has 0 rings (SSSR count). The van der Waals surface area contributed by atoms with Crippen LogP contribution in [0, 0.1) is 0 Å². The van der Waals surface area contributed by atoms with E-state index in [1.807, 2.05) is 11.8 Å². The molecule has 62 valence electrons. The van der Waals surface area contributed by atoms with Gasteiger partial charge in [0.05, 0.1) is 0 Å². The molecule has 0 radical (unpaired) electrons. The van der Waals surface area contributed by atoms with Gasteiger partial charge in [0.25, 0.3) is 0 Å². The minimum absolute atomic E-state index is 0.811. The normalized spacial score (nSPS) is 15.3. The number of thioether (sulfide) groups is 1. The smallest absolute Gasteiger partial charge is 0.0471 e. The van der Waals surface area contributed by atoms with Crippen molar-refractivity contribution in [2.45, 2.75) is 38.5 Å². The number of rotatable bonds is 4. The van der Waals surface area contributed by atoms with Crippen molar-refractivity contribution < 1.29 is 0 Å². The van der Waals surface area contributed by atoms with Gasteiger partial charge < -0.3 is 0 Å². The van der Waals surface area contributed by atoms with Gasteiger partial charge in [-0.1, -0.05) is 26.6 Å². The van der Waals surface area contributed by atoms with E-state index >= 15 is 0 Å². The third-order valence-electron chi connectivity index (χ3n) is 2.23. The highest BCUT2D eigenvalue weighted by molar-refractivity contribution is 7.98. The summed E-state index contributed by atoms with van der Waals surface area (Å²) in [5.41, 5.74) is 0.986. The fraction of sp³-hybridized carbons (Fsp3) is 1.00. The standard InChI is InChI=1S/C8H20SSi/c1-8(6-7-9-2)10(3,4)5/h8H,6-7H2,1-5H3. The van der Waals surface area contributed by atoms with E-state index in [2.05, 4.69) is 32.8 Å². The second-order valence-corrected chi connectivity index (χ2v) is 10.8. The van der Waals surface area contributed by atoms with Crippen LogP contribution < -0.4 is 0 Å².